The first-order valence-corrected chi connectivity index (χ1v) is 8.64. The molecule has 5 heteroatoms. The Kier molecular flexibility index (Phi) is 3.15. The van der Waals surface area contributed by atoms with E-state index in [-0.39, 0.29) is 0 Å². The van der Waals surface area contributed by atoms with Crippen LogP contribution >= 0.6 is 11.3 Å². The number of aromatic nitrogens is 2. The van der Waals surface area contributed by atoms with E-state index in [1.54, 1.807) is 17.7 Å². The van der Waals surface area contributed by atoms with E-state index in [4.69, 9.17) is 0 Å². The lowest BCUT2D eigenvalue weighted by Crippen LogP contribution is -2.47. The lowest BCUT2D eigenvalue weighted by molar-refractivity contribution is 0.354. The topological polar surface area (TPSA) is 41.1 Å². The predicted molar refractivity (Wildman–Crippen MR) is 88.3 cm³/mol. The molecular weight excluding hydrogens is 280 g/mol. The van der Waals surface area contributed by atoms with Gasteiger partial charge in [-0.25, -0.2) is 9.97 Å². The van der Waals surface area contributed by atoms with Crippen LogP contribution in [0.4, 0.5) is 5.82 Å². The van der Waals surface area contributed by atoms with Gasteiger partial charge in [0.2, 0.25) is 0 Å². The third-order valence-electron chi connectivity index (χ3n) is 5.28. The molecule has 4 heterocycles. The predicted octanol–water partition coefficient (Wildman–Crippen LogP) is 3.03. The van der Waals surface area contributed by atoms with Crippen LogP contribution in [0.25, 0.3) is 10.2 Å². The normalized spacial score (nSPS) is 28.2. The number of nitrogens with one attached hydrogen (secondary N) is 1. The molecule has 21 heavy (non-hydrogen) atoms. The van der Waals surface area contributed by atoms with E-state index in [1.165, 1.54) is 41.5 Å². The Bertz CT molecular complexity index is 668. The lowest BCUT2D eigenvalue weighted by Gasteiger charge is -2.36. The highest BCUT2D eigenvalue weighted by molar-refractivity contribution is 7.18. The number of hydrogen-bond acceptors (Lipinski definition) is 5. The molecular formula is C16H22N4S. The van der Waals surface area contributed by atoms with Crippen molar-refractivity contribution >= 4 is 27.4 Å². The quantitative estimate of drug-likeness (QED) is 0.926. The summed E-state index contributed by atoms with van der Waals surface area (Å²) < 4.78 is 0. The van der Waals surface area contributed by atoms with Crippen LogP contribution in [0.5, 0.6) is 0 Å². The highest BCUT2D eigenvalue weighted by Crippen LogP contribution is 2.37. The molecule has 2 unspecified atom stereocenters. The van der Waals surface area contributed by atoms with Crippen LogP contribution in [-0.2, 0) is 0 Å². The molecule has 4 nitrogen and oxygen atoms in total. The number of nitrogens with zero attached hydrogens (tertiary/aromatic N) is 3. The van der Waals surface area contributed by atoms with Gasteiger partial charge in [-0.3, -0.25) is 0 Å². The SMILES string of the molecule is Cc1sc2ncnc(N(C)C3CC4CCC(C3)N4)c2c1C. The second-order valence-electron chi connectivity index (χ2n) is 6.53. The van der Waals surface area contributed by atoms with Crippen molar-refractivity contribution in [2.24, 2.45) is 0 Å². The standard InChI is InChI=1S/C16H22N4S/c1-9-10(2)21-16-14(9)15(17-8-18-16)20(3)13-6-11-4-5-12(7-13)19-11/h8,11-13,19H,4-7H2,1-3H3. The van der Waals surface area contributed by atoms with Gasteiger partial charge in [-0.2, -0.15) is 0 Å². The van der Waals surface area contributed by atoms with Crippen molar-refractivity contribution in [1.82, 2.24) is 15.3 Å². The van der Waals surface area contributed by atoms with E-state index >= 15 is 0 Å². The van der Waals surface area contributed by atoms with Gasteiger partial charge in [0.25, 0.3) is 0 Å². The fraction of sp³-hybridized carbons (Fsp3) is 0.625. The van der Waals surface area contributed by atoms with Crippen LogP contribution in [0.3, 0.4) is 0 Å². The monoisotopic (exact) mass is 302 g/mol. The third kappa shape index (κ3) is 2.14. The van der Waals surface area contributed by atoms with Crippen LogP contribution in [-0.4, -0.2) is 35.1 Å². The van der Waals surface area contributed by atoms with Gasteiger partial charge in [-0.05, 0) is 45.1 Å². The molecule has 0 spiro atoms. The molecule has 2 aromatic heterocycles. The molecule has 0 saturated carbocycles. The molecule has 2 aromatic rings. The van der Waals surface area contributed by atoms with E-state index in [0.29, 0.717) is 18.1 Å². The Hall–Kier alpha value is -1.20. The summed E-state index contributed by atoms with van der Waals surface area (Å²) >= 11 is 1.78. The highest BCUT2D eigenvalue weighted by Gasteiger charge is 2.36. The average Bonchev–Trinajstić information content (AvgIpc) is 2.98. The summed E-state index contributed by atoms with van der Waals surface area (Å²) in [7, 11) is 2.21. The number of aryl methyl sites for hydroxylation is 2. The van der Waals surface area contributed by atoms with E-state index in [9.17, 15) is 0 Å². The number of fused-ring (bicyclic) bond motifs is 3. The van der Waals surface area contributed by atoms with Crippen LogP contribution in [0.1, 0.15) is 36.1 Å². The molecule has 2 aliphatic rings. The Balaban J connectivity index is 1.72. The highest BCUT2D eigenvalue weighted by atomic mass is 32.1. The summed E-state index contributed by atoms with van der Waals surface area (Å²) in [5, 5.41) is 4.98. The van der Waals surface area contributed by atoms with E-state index in [0.717, 1.165) is 10.6 Å². The summed E-state index contributed by atoms with van der Waals surface area (Å²) in [6.45, 7) is 4.37. The van der Waals surface area contributed by atoms with Gasteiger partial charge in [-0.1, -0.05) is 0 Å². The van der Waals surface area contributed by atoms with Crippen molar-refractivity contribution < 1.29 is 0 Å². The van der Waals surface area contributed by atoms with Crippen LogP contribution in [0.2, 0.25) is 0 Å². The number of thiophene rings is 1. The molecule has 2 aliphatic heterocycles. The molecule has 0 amide bonds. The first-order chi connectivity index (χ1) is 10.1. The van der Waals surface area contributed by atoms with Crippen molar-refractivity contribution in [3.63, 3.8) is 0 Å². The Morgan fingerprint density at radius 2 is 1.90 bits per heavy atom. The second-order valence-corrected chi connectivity index (χ2v) is 7.74. The van der Waals surface area contributed by atoms with Crippen LogP contribution in [0, 0.1) is 13.8 Å². The molecule has 2 saturated heterocycles. The van der Waals surface area contributed by atoms with Crippen LogP contribution < -0.4 is 10.2 Å². The van der Waals surface area contributed by atoms with E-state index in [2.05, 4.69) is 41.1 Å². The zero-order valence-electron chi connectivity index (χ0n) is 12.9. The number of anilines is 1. The van der Waals surface area contributed by atoms with Crippen molar-refractivity contribution in [2.75, 3.05) is 11.9 Å². The summed E-state index contributed by atoms with van der Waals surface area (Å²) in [5.41, 5.74) is 1.34. The summed E-state index contributed by atoms with van der Waals surface area (Å²) in [6, 6.07) is 2.01. The molecule has 2 bridgehead atoms. The van der Waals surface area contributed by atoms with Crippen LogP contribution in [0.15, 0.2) is 6.33 Å². The number of piperidine rings is 1. The van der Waals surface area contributed by atoms with Gasteiger partial charge >= 0.3 is 0 Å². The third-order valence-corrected chi connectivity index (χ3v) is 6.39. The number of hydrogen-bond donors (Lipinski definition) is 1. The first kappa shape index (κ1) is 13.5. The summed E-state index contributed by atoms with van der Waals surface area (Å²) in [4.78, 5) is 14.0. The van der Waals surface area contributed by atoms with Gasteiger partial charge in [0, 0.05) is 30.1 Å². The minimum absolute atomic E-state index is 0.599. The van der Waals surface area contributed by atoms with Crippen molar-refractivity contribution in [1.29, 1.82) is 0 Å². The molecule has 2 atom stereocenters. The van der Waals surface area contributed by atoms with Gasteiger partial charge < -0.3 is 10.2 Å². The molecule has 4 rings (SSSR count). The Labute approximate surface area is 129 Å². The average molecular weight is 302 g/mol. The molecule has 1 N–H and O–H groups in total. The minimum Gasteiger partial charge on any atom is -0.356 e. The molecule has 2 fully saturated rings. The van der Waals surface area contributed by atoms with E-state index in [1.807, 2.05) is 0 Å². The zero-order chi connectivity index (χ0) is 14.6. The van der Waals surface area contributed by atoms with E-state index < -0.39 is 0 Å². The minimum atomic E-state index is 0.599. The smallest absolute Gasteiger partial charge is 0.141 e. The fourth-order valence-electron chi connectivity index (χ4n) is 3.95. The summed E-state index contributed by atoms with van der Waals surface area (Å²) in [5.74, 6) is 1.12. The van der Waals surface area contributed by atoms with Crippen molar-refractivity contribution in [2.45, 2.75) is 57.7 Å². The van der Waals surface area contributed by atoms with Crippen molar-refractivity contribution in [3.05, 3.63) is 16.8 Å². The fourth-order valence-corrected chi connectivity index (χ4v) is 4.94. The molecule has 0 aromatic carbocycles. The molecule has 112 valence electrons. The largest absolute Gasteiger partial charge is 0.356 e. The molecule has 0 aliphatic carbocycles. The zero-order valence-corrected chi connectivity index (χ0v) is 13.7. The second kappa shape index (κ2) is 4.92. The molecule has 0 radical (unpaired) electrons. The van der Waals surface area contributed by atoms with Gasteiger partial charge in [0.1, 0.15) is 17.0 Å². The maximum atomic E-state index is 4.63. The maximum absolute atomic E-state index is 4.63. The number of rotatable bonds is 2. The van der Waals surface area contributed by atoms with Gasteiger partial charge in [0.05, 0.1) is 5.39 Å². The maximum Gasteiger partial charge on any atom is 0.141 e. The van der Waals surface area contributed by atoms with Gasteiger partial charge in [-0.15, -0.1) is 11.3 Å². The first-order valence-electron chi connectivity index (χ1n) is 7.83. The Morgan fingerprint density at radius 1 is 1.19 bits per heavy atom. The Morgan fingerprint density at radius 3 is 2.62 bits per heavy atom. The van der Waals surface area contributed by atoms with Crippen molar-refractivity contribution in [3.8, 4) is 0 Å². The van der Waals surface area contributed by atoms with Gasteiger partial charge in [0.15, 0.2) is 0 Å². The summed E-state index contributed by atoms with van der Waals surface area (Å²) in [6.07, 6.45) is 6.87. The lowest BCUT2D eigenvalue weighted by atomic mass is 9.98.